The SMILES string of the molecule is CCOC(=O)c1cc(-c2ccnc(F)c2F)cc2c1ncn2-c1cc(N2CCN(C(=O)OC(C)(C)C)CC2)nc2ccccc12. The molecule has 0 aliphatic carbocycles. The second kappa shape index (κ2) is 11.8. The molecule has 5 aromatic rings. The minimum Gasteiger partial charge on any atom is -0.462 e. The summed E-state index contributed by atoms with van der Waals surface area (Å²) < 4.78 is 41.7. The van der Waals surface area contributed by atoms with Crippen molar-refractivity contribution in [2.75, 3.05) is 37.7 Å². The zero-order valence-electron chi connectivity index (χ0n) is 25.4. The van der Waals surface area contributed by atoms with Gasteiger partial charge in [-0.1, -0.05) is 18.2 Å². The van der Waals surface area contributed by atoms with Crippen LogP contribution in [0.15, 0.2) is 61.1 Å². The zero-order valence-corrected chi connectivity index (χ0v) is 25.4. The maximum absolute atomic E-state index is 14.9. The topological polar surface area (TPSA) is 103 Å². The molecule has 2 aromatic carbocycles. The van der Waals surface area contributed by atoms with Crippen LogP contribution in [0.25, 0.3) is 38.8 Å². The predicted molar refractivity (Wildman–Crippen MR) is 165 cm³/mol. The van der Waals surface area contributed by atoms with Crippen molar-refractivity contribution < 1.29 is 27.8 Å². The predicted octanol–water partition coefficient (Wildman–Crippen LogP) is 6.15. The van der Waals surface area contributed by atoms with Crippen molar-refractivity contribution in [3.05, 3.63) is 78.4 Å². The first kappa shape index (κ1) is 29.9. The fraction of sp³-hybridized carbons (Fsp3) is 0.303. The summed E-state index contributed by atoms with van der Waals surface area (Å²) in [6, 6.07) is 14.0. The Hall–Kier alpha value is -5.13. The largest absolute Gasteiger partial charge is 0.462 e. The summed E-state index contributed by atoms with van der Waals surface area (Å²) in [6.07, 6.45) is 2.41. The fourth-order valence-electron chi connectivity index (χ4n) is 5.42. The number of hydrogen-bond acceptors (Lipinski definition) is 8. The number of esters is 1. The molecule has 12 heteroatoms. The van der Waals surface area contributed by atoms with E-state index in [1.54, 1.807) is 24.2 Å². The monoisotopic (exact) mass is 614 g/mol. The first-order valence-electron chi connectivity index (χ1n) is 14.7. The summed E-state index contributed by atoms with van der Waals surface area (Å²) in [4.78, 5) is 42.4. The molecule has 10 nitrogen and oxygen atoms in total. The van der Waals surface area contributed by atoms with Gasteiger partial charge in [0.05, 0.1) is 28.9 Å². The van der Waals surface area contributed by atoms with Gasteiger partial charge in [-0.05, 0) is 57.5 Å². The zero-order chi connectivity index (χ0) is 31.9. The van der Waals surface area contributed by atoms with Crippen LogP contribution < -0.4 is 4.90 Å². The molecule has 0 spiro atoms. The molecular formula is C33H32F2N6O4. The third-order valence-electron chi connectivity index (χ3n) is 7.50. The summed E-state index contributed by atoms with van der Waals surface area (Å²) >= 11 is 0. The normalized spacial score (nSPS) is 13.8. The number of aromatic nitrogens is 4. The smallest absolute Gasteiger partial charge is 0.410 e. The average molecular weight is 615 g/mol. The third kappa shape index (κ3) is 5.87. The number of piperazine rings is 1. The molecule has 4 heterocycles. The van der Waals surface area contributed by atoms with E-state index in [9.17, 15) is 18.4 Å². The van der Waals surface area contributed by atoms with Crippen LogP contribution in [0.3, 0.4) is 0 Å². The number of benzene rings is 2. The van der Waals surface area contributed by atoms with Gasteiger partial charge in [0.2, 0.25) is 5.95 Å². The van der Waals surface area contributed by atoms with Gasteiger partial charge < -0.3 is 19.3 Å². The standard InChI is InChI=1S/C33H32F2N6O4/c1-5-44-31(42)23-16-20(21-10-11-36-30(35)28(21)34)17-26-29(23)37-19-41(26)25-18-27(38-24-9-7-6-8-22(24)25)39-12-14-40(15-13-39)32(43)45-33(2,3)4/h6-11,16-19H,5,12-15H2,1-4H3. The molecule has 1 aliphatic rings. The van der Waals surface area contributed by atoms with Crippen molar-refractivity contribution in [3.8, 4) is 16.8 Å². The van der Waals surface area contributed by atoms with Gasteiger partial charge in [-0.3, -0.25) is 4.57 Å². The van der Waals surface area contributed by atoms with Crippen molar-refractivity contribution in [3.63, 3.8) is 0 Å². The first-order chi connectivity index (χ1) is 21.5. The molecule has 0 N–H and O–H groups in total. The van der Waals surface area contributed by atoms with Crippen molar-refractivity contribution in [2.45, 2.75) is 33.3 Å². The van der Waals surface area contributed by atoms with E-state index in [-0.39, 0.29) is 29.4 Å². The third-order valence-corrected chi connectivity index (χ3v) is 7.50. The Morgan fingerprint density at radius 2 is 1.73 bits per heavy atom. The average Bonchev–Trinajstić information content (AvgIpc) is 3.44. The maximum atomic E-state index is 14.9. The maximum Gasteiger partial charge on any atom is 0.410 e. The number of ether oxygens (including phenoxy) is 2. The summed E-state index contributed by atoms with van der Waals surface area (Å²) in [5.41, 5.74) is 2.04. The van der Waals surface area contributed by atoms with E-state index in [1.165, 1.54) is 18.3 Å². The van der Waals surface area contributed by atoms with Crippen LogP contribution in [0, 0.1) is 11.8 Å². The Kier molecular flexibility index (Phi) is 7.81. The highest BCUT2D eigenvalue weighted by Gasteiger charge is 2.27. The van der Waals surface area contributed by atoms with Gasteiger partial charge in [-0.15, -0.1) is 0 Å². The van der Waals surface area contributed by atoms with Crippen LogP contribution in [0.1, 0.15) is 38.1 Å². The number of pyridine rings is 2. The number of rotatable bonds is 5. The number of nitrogens with zero attached hydrogens (tertiary/aromatic N) is 6. The van der Waals surface area contributed by atoms with E-state index in [1.807, 2.05) is 55.7 Å². The van der Waals surface area contributed by atoms with Crippen LogP contribution in [0.5, 0.6) is 0 Å². The highest BCUT2D eigenvalue weighted by atomic mass is 19.2. The Balaban J connectivity index is 1.46. The van der Waals surface area contributed by atoms with Crippen molar-refractivity contribution in [2.24, 2.45) is 0 Å². The number of amides is 1. The number of para-hydroxylation sites is 1. The van der Waals surface area contributed by atoms with E-state index in [0.717, 1.165) is 16.6 Å². The van der Waals surface area contributed by atoms with E-state index in [2.05, 4.69) is 14.9 Å². The van der Waals surface area contributed by atoms with Crippen molar-refractivity contribution >= 4 is 39.8 Å². The number of halogens is 2. The molecule has 6 rings (SSSR count). The van der Waals surface area contributed by atoms with Gasteiger partial charge in [0.15, 0.2) is 5.82 Å². The Morgan fingerprint density at radius 3 is 2.47 bits per heavy atom. The molecule has 0 saturated carbocycles. The molecule has 45 heavy (non-hydrogen) atoms. The minimum absolute atomic E-state index is 0.0502. The number of hydrogen-bond donors (Lipinski definition) is 0. The van der Waals surface area contributed by atoms with Crippen LogP contribution >= 0.6 is 0 Å². The lowest BCUT2D eigenvalue weighted by Gasteiger charge is -2.36. The van der Waals surface area contributed by atoms with E-state index in [4.69, 9.17) is 14.5 Å². The van der Waals surface area contributed by atoms with Crippen LogP contribution in [-0.4, -0.2) is 74.9 Å². The first-order valence-corrected chi connectivity index (χ1v) is 14.7. The van der Waals surface area contributed by atoms with Gasteiger partial charge in [-0.25, -0.2) is 28.9 Å². The number of carbonyl (C=O) groups excluding carboxylic acids is 2. The summed E-state index contributed by atoms with van der Waals surface area (Å²) in [7, 11) is 0. The number of carbonyl (C=O) groups is 2. The summed E-state index contributed by atoms with van der Waals surface area (Å²) in [5.74, 6) is -2.30. The second-order valence-corrected chi connectivity index (χ2v) is 11.7. The highest BCUT2D eigenvalue weighted by molar-refractivity contribution is 6.05. The Labute approximate surface area is 258 Å². The fourth-order valence-corrected chi connectivity index (χ4v) is 5.42. The van der Waals surface area contributed by atoms with Gasteiger partial charge in [0, 0.05) is 49.4 Å². The Morgan fingerprint density at radius 1 is 0.978 bits per heavy atom. The van der Waals surface area contributed by atoms with Crippen LogP contribution in [0.2, 0.25) is 0 Å². The van der Waals surface area contributed by atoms with Crippen LogP contribution in [-0.2, 0) is 9.47 Å². The molecule has 0 atom stereocenters. The number of fused-ring (bicyclic) bond motifs is 2. The number of anilines is 1. The van der Waals surface area contributed by atoms with Gasteiger partial charge >= 0.3 is 12.1 Å². The van der Waals surface area contributed by atoms with Gasteiger partial charge in [0.1, 0.15) is 23.3 Å². The molecule has 1 aliphatic heterocycles. The molecule has 1 amide bonds. The van der Waals surface area contributed by atoms with Gasteiger partial charge in [-0.2, -0.15) is 4.39 Å². The molecule has 1 saturated heterocycles. The lowest BCUT2D eigenvalue weighted by atomic mass is 10.0. The van der Waals surface area contributed by atoms with E-state index in [0.29, 0.717) is 43.0 Å². The summed E-state index contributed by atoms with van der Waals surface area (Å²) in [6.45, 7) is 9.35. The molecule has 232 valence electrons. The van der Waals surface area contributed by atoms with E-state index < -0.39 is 23.3 Å². The second-order valence-electron chi connectivity index (χ2n) is 11.7. The highest BCUT2D eigenvalue weighted by Crippen LogP contribution is 2.34. The van der Waals surface area contributed by atoms with Crippen molar-refractivity contribution in [1.29, 1.82) is 0 Å². The molecule has 1 fully saturated rings. The van der Waals surface area contributed by atoms with Crippen molar-refractivity contribution in [1.82, 2.24) is 24.4 Å². The molecule has 0 bridgehead atoms. The molecule has 3 aromatic heterocycles. The number of imidazole rings is 1. The lowest BCUT2D eigenvalue weighted by molar-refractivity contribution is 0.0240. The quantitative estimate of drug-likeness (QED) is 0.172. The molecule has 0 radical (unpaired) electrons. The Bertz CT molecular complexity index is 1930. The molecular weight excluding hydrogens is 582 g/mol. The van der Waals surface area contributed by atoms with Crippen LogP contribution in [0.4, 0.5) is 19.4 Å². The van der Waals surface area contributed by atoms with E-state index >= 15 is 0 Å². The molecule has 0 unspecified atom stereocenters. The lowest BCUT2D eigenvalue weighted by Crippen LogP contribution is -2.50. The van der Waals surface area contributed by atoms with Gasteiger partial charge in [0.25, 0.3) is 0 Å². The minimum atomic E-state index is -1.24. The summed E-state index contributed by atoms with van der Waals surface area (Å²) in [5, 5.41) is 0.817.